The average molecular weight is 683 g/mol. The summed E-state index contributed by atoms with van der Waals surface area (Å²) in [5, 5.41) is 13.8. The van der Waals surface area contributed by atoms with Crippen LogP contribution < -0.4 is 0 Å². The molecule has 0 unspecified atom stereocenters. The summed E-state index contributed by atoms with van der Waals surface area (Å²) < 4.78 is 9.89. The Morgan fingerprint density at radius 1 is 1.09 bits per heavy atom. The molecule has 1 spiro atoms. The summed E-state index contributed by atoms with van der Waals surface area (Å²) in [5.41, 5.74) is 4.41. The third kappa shape index (κ3) is 5.01. The number of pyridine rings is 1. The fraction of sp³-hybridized carbons (Fsp3) is 0.344. The lowest BCUT2D eigenvalue weighted by Gasteiger charge is -2.27. The number of fused-ring (bicyclic) bond motifs is 5. The molecular weight excluding hydrogens is 654 g/mol. The van der Waals surface area contributed by atoms with Gasteiger partial charge in [0.1, 0.15) is 28.9 Å². The van der Waals surface area contributed by atoms with Crippen molar-refractivity contribution in [3.05, 3.63) is 82.5 Å². The maximum absolute atomic E-state index is 14.2. The maximum atomic E-state index is 14.2. The largest absolute Gasteiger partial charge is 0.370 e. The lowest BCUT2D eigenvalue weighted by molar-refractivity contribution is -0.139. The molecule has 0 N–H and O–H groups in total. The molecule has 0 radical (unpaired) electrons. The molecule has 1 aromatic carbocycles. The number of benzene rings is 1. The number of hydrogen-bond donors (Lipinski definition) is 0. The van der Waals surface area contributed by atoms with E-state index in [0.29, 0.717) is 39.9 Å². The van der Waals surface area contributed by atoms with Gasteiger partial charge < -0.3 is 9.64 Å². The number of rotatable bonds is 4. The first-order chi connectivity index (χ1) is 22.3. The number of hydrogen-bond acceptors (Lipinski definition) is 10. The first-order valence-electron chi connectivity index (χ1n) is 15.0. The molecule has 2 aliphatic heterocycles. The van der Waals surface area contributed by atoms with Crippen molar-refractivity contribution in [2.75, 3.05) is 0 Å². The predicted octanol–water partition coefficient (Wildman–Crippen LogP) is 3.35. The number of halogens is 1. The van der Waals surface area contributed by atoms with Crippen molar-refractivity contribution in [1.82, 2.24) is 44.6 Å². The van der Waals surface area contributed by atoms with Gasteiger partial charge in [0.15, 0.2) is 11.6 Å². The normalized spacial score (nSPS) is 22.3. The summed E-state index contributed by atoms with van der Waals surface area (Å²) in [4.78, 5) is 55.5. The topological polar surface area (TPSA) is 151 Å². The standard InChI is InChI=1S/C32H28BrN9O4/c1-18(43)31-23-6-19(21-10-34-17-35-11-21)2-4-25(23)41(38-31)13-30(45)42-26-8-32(9-28(32)42)16-40-12-22(37-39-40)15-46-14-20-3-5-29(33)36-24(20)7-27(26)44/h2-6,10-12,17,26,28H,7-9,13-16H2,1H3/t26-,28+,32-/m0/s1. The highest BCUT2D eigenvalue weighted by Crippen LogP contribution is 2.60. The van der Waals surface area contributed by atoms with E-state index >= 15 is 0 Å². The van der Waals surface area contributed by atoms with E-state index in [-0.39, 0.29) is 60.8 Å². The molecule has 1 amide bonds. The maximum Gasteiger partial charge on any atom is 0.245 e. The number of likely N-dealkylation sites (tertiary alicyclic amines) is 1. The monoisotopic (exact) mass is 681 g/mol. The van der Waals surface area contributed by atoms with Gasteiger partial charge in [-0.15, -0.1) is 5.10 Å². The predicted molar refractivity (Wildman–Crippen MR) is 166 cm³/mol. The van der Waals surface area contributed by atoms with Crippen molar-refractivity contribution in [3.63, 3.8) is 0 Å². The molecule has 2 fully saturated rings. The number of nitrogens with zero attached hydrogens (tertiary/aromatic N) is 9. The van der Waals surface area contributed by atoms with Crippen LogP contribution in [0.2, 0.25) is 0 Å². The highest BCUT2D eigenvalue weighted by Gasteiger charge is 2.67. The van der Waals surface area contributed by atoms with Crippen LogP contribution in [-0.2, 0) is 47.1 Å². The van der Waals surface area contributed by atoms with Crippen LogP contribution in [0.15, 0.2) is 59.9 Å². The molecule has 3 atom stereocenters. The fourth-order valence-electron chi connectivity index (χ4n) is 7.03. The van der Waals surface area contributed by atoms with Gasteiger partial charge >= 0.3 is 0 Å². The van der Waals surface area contributed by atoms with Crippen LogP contribution in [0.3, 0.4) is 0 Å². The Morgan fingerprint density at radius 3 is 2.76 bits per heavy atom. The number of amides is 1. The smallest absolute Gasteiger partial charge is 0.245 e. The number of carbonyl (C=O) groups is 3. The second-order valence-corrected chi connectivity index (χ2v) is 13.1. The van der Waals surface area contributed by atoms with Crippen molar-refractivity contribution in [2.24, 2.45) is 5.41 Å². The van der Waals surface area contributed by atoms with Crippen LogP contribution in [0.4, 0.5) is 0 Å². The zero-order valence-electron chi connectivity index (χ0n) is 24.8. The Bertz CT molecular complexity index is 2040. The highest BCUT2D eigenvalue weighted by molar-refractivity contribution is 9.10. The van der Waals surface area contributed by atoms with Crippen LogP contribution in [0.5, 0.6) is 0 Å². The third-order valence-corrected chi connectivity index (χ3v) is 9.73. The van der Waals surface area contributed by atoms with Gasteiger partial charge in [0.25, 0.3) is 0 Å². The van der Waals surface area contributed by atoms with E-state index in [1.165, 1.54) is 13.3 Å². The van der Waals surface area contributed by atoms with E-state index < -0.39 is 6.04 Å². The molecule has 232 valence electrons. The molecule has 5 aromatic rings. The van der Waals surface area contributed by atoms with Crippen molar-refractivity contribution < 1.29 is 19.1 Å². The van der Waals surface area contributed by atoms with Crippen LogP contribution in [0.25, 0.3) is 22.0 Å². The quantitative estimate of drug-likeness (QED) is 0.204. The molecular formula is C32H28BrN9O4. The molecule has 1 aliphatic carbocycles. The minimum Gasteiger partial charge on any atom is -0.370 e. The summed E-state index contributed by atoms with van der Waals surface area (Å²) >= 11 is 3.44. The Hall–Kier alpha value is -4.69. The summed E-state index contributed by atoms with van der Waals surface area (Å²) in [6.45, 7) is 2.44. The van der Waals surface area contributed by atoms with E-state index in [1.54, 1.807) is 26.7 Å². The van der Waals surface area contributed by atoms with Gasteiger partial charge in [-0.1, -0.05) is 17.3 Å². The van der Waals surface area contributed by atoms with Crippen LogP contribution in [0, 0.1) is 5.41 Å². The second-order valence-electron chi connectivity index (χ2n) is 12.3. The van der Waals surface area contributed by atoms with E-state index in [2.05, 4.69) is 46.3 Å². The van der Waals surface area contributed by atoms with Gasteiger partial charge in [0, 0.05) is 41.7 Å². The molecule has 6 heterocycles. The van der Waals surface area contributed by atoms with Crippen molar-refractivity contribution in [3.8, 4) is 11.1 Å². The molecule has 3 aliphatic rings. The lowest BCUT2D eigenvalue weighted by Crippen LogP contribution is -2.45. The number of carbonyl (C=O) groups excluding carboxylic acids is 3. The van der Waals surface area contributed by atoms with Crippen molar-refractivity contribution >= 4 is 44.3 Å². The summed E-state index contributed by atoms with van der Waals surface area (Å²) in [6, 6.07) is 8.57. The van der Waals surface area contributed by atoms with Crippen LogP contribution in [0.1, 0.15) is 47.2 Å². The number of ketones is 2. The number of Topliss-reactive ketones (excluding diaryl/α,β-unsaturated/α-hetero) is 2. The zero-order chi connectivity index (χ0) is 31.6. The number of piperidine rings is 1. The third-order valence-electron chi connectivity index (χ3n) is 9.29. The highest BCUT2D eigenvalue weighted by atomic mass is 79.9. The molecule has 13 nitrogen and oxygen atoms in total. The Kier molecular flexibility index (Phi) is 6.87. The molecule has 14 heteroatoms. The molecule has 4 aromatic heterocycles. The Labute approximate surface area is 271 Å². The van der Waals surface area contributed by atoms with Crippen LogP contribution in [-0.4, -0.2) is 74.2 Å². The zero-order valence-corrected chi connectivity index (χ0v) is 26.4. The minimum absolute atomic E-state index is 0.0711. The van der Waals surface area contributed by atoms with Gasteiger partial charge in [0.2, 0.25) is 5.91 Å². The van der Waals surface area contributed by atoms with E-state index in [4.69, 9.17) is 4.74 Å². The summed E-state index contributed by atoms with van der Waals surface area (Å²) in [7, 11) is 0. The van der Waals surface area contributed by atoms with Crippen LogP contribution >= 0.6 is 15.9 Å². The van der Waals surface area contributed by atoms with E-state index in [9.17, 15) is 14.4 Å². The van der Waals surface area contributed by atoms with Gasteiger partial charge in [0.05, 0.1) is 49.6 Å². The molecule has 46 heavy (non-hydrogen) atoms. The summed E-state index contributed by atoms with van der Waals surface area (Å²) in [5.74, 6) is -0.510. The number of ether oxygens (including phenoxy) is 1. The second kappa shape index (κ2) is 11.0. The van der Waals surface area contributed by atoms with Crippen molar-refractivity contribution in [2.45, 2.75) is 64.6 Å². The Balaban J connectivity index is 1.14. The molecule has 8 rings (SSSR count). The fourth-order valence-corrected chi connectivity index (χ4v) is 7.38. The minimum atomic E-state index is -0.634. The van der Waals surface area contributed by atoms with Gasteiger partial charge in [-0.2, -0.15) is 5.10 Å². The van der Waals surface area contributed by atoms with E-state index in [1.807, 2.05) is 36.5 Å². The number of aromatic nitrogens is 8. The molecule has 1 saturated carbocycles. The van der Waals surface area contributed by atoms with E-state index in [0.717, 1.165) is 23.1 Å². The first kappa shape index (κ1) is 28.8. The molecule has 1 saturated heterocycles. The van der Waals surface area contributed by atoms with Gasteiger partial charge in [-0.3, -0.25) is 23.7 Å². The van der Waals surface area contributed by atoms with Gasteiger partial charge in [-0.25, -0.2) is 15.0 Å². The SMILES string of the molecule is CC(=O)c1nn(CC(=O)N2[C@H]3C[C@]4(C[C@@H]24)Cn2cc(nn2)COCc2ccc(Br)nc2CC3=O)c2ccc(-c3cncnc3)cc12. The lowest BCUT2D eigenvalue weighted by atomic mass is 9.94. The first-order valence-corrected chi connectivity index (χ1v) is 15.8. The molecule has 4 bridgehead atoms. The summed E-state index contributed by atoms with van der Waals surface area (Å²) in [6.07, 6.45) is 8.08. The van der Waals surface area contributed by atoms with Gasteiger partial charge in [-0.05, 0) is 58.1 Å². The Morgan fingerprint density at radius 2 is 1.93 bits per heavy atom. The average Bonchev–Trinajstić information content (AvgIpc) is 3.32. The van der Waals surface area contributed by atoms with Crippen molar-refractivity contribution in [1.29, 1.82) is 0 Å².